The van der Waals surface area contributed by atoms with E-state index in [2.05, 4.69) is 27.8 Å². The molecule has 0 atom stereocenters. The van der Waals surface area contributed by atoms with Crippen molar-refractivity contribution in [1.29, 1.82) is 0 Å². The Morgan fingerprint density at radius 2 is 1.75 bits per heavy atom. The summed E-state index contributed by atoms with van der Waals surface area (Å²) in [6, 6.07) is 15.7. The Labute approximate surface area is 168 Å². The van der Waals surface area contributed by atoms with Crippen molar-refractivity contribution in [3.63, 3.8) is 0 Å². The molecule has 3 rings (SSSR count). The van der Waals surface area contributed by atoms with Crippen molar-refractivity contribution in [3.8, 4) is 11.3 Å². The fourth-order valence-corrected chi connectivity index (χ4v) is 3.45. The van der Waals surface area contributed by atoms with Gasteiger partial charge in [-0.1, -0.05) is 42.0 Å². The molecule has 5 nitrogen and oxygen atoms in total. The van der Waals surface area contributed by atoms with Crippen LogP contribution in [0, 0.1) is 6.92 Å². The molecule has 0 radical (unpaired) electrons. The number of amides is 2. The summed E-state index contributed by atoms with van der Waals surface area (Å²) in [6.45, 7) is 4.20. The third-order valence-electron chi connectivity index (χ3n) is 4.30. The quantitative estimate of drug-likeness (QED) is 0.583. The highest BCUT2D eigenvalue weighted by atomic mass is 32.1. The Morgan fingerprint density at radius 1 is 1.04 bits per heavy atom. The Hall–Kier alpha value is -2.99. The molecular weight excluding hydrogens is 370 g/mol. The van der Waals surface area contributed by atoms with Crippen LogP contribution >= 0.6 is 11.3 Å². The number of hydrogen-bond acceptors (Lipinski definition) is 4. The standard InChI is InChI=1S/C22H23N3O2S/c1-15-5-9-19(10-6-15)21(27)25-22-24-20(14-28-22)18-11-7-17(8-12-18)4-3-13-23-16(2)26/h5-12,14H,3-4,13H2,1-2H3,(H,23,26)(H,24,25,27). The lowest BCUT2D eigenvalue weighted by Gasteiger charge is -2.04. The minimum absolute atomic E-state index is 0.00385. The van der Waals surface area contributed by atoms with E-state index >= 15 is 0 Å². The lowest BCUT2D eigenvalue weighted by Crippen LogP contribution is -2.21. The molecule has 0 unspecified atom stereocenters. The van der Waals surface area contributed by atoms with Gasteiger partial charge in [-0.05, 0) is 37.5 Å². The van der Waals surface area contributed by atoms with E-state index in [4.69, 9.17) is 0 Å². The molecule has 0 aliphatic rings. The predicted octanol–water partition coefficient (Wildman–Crippen LogP) is 4.44. The van der Waals surface area contributed by atoms with Gasteiger partial charge in [0.25, 0.3) is 5.91 Å². The van der Waals surface area contributed by atoms with Crippen LogP contribution in [0.3, 0.4) is 0 Å². The molecule has 6 heteroatoms. The summed E-state index contributed by atoms with van der Waals surface area (Å²) in [7, 11) is 0. The fourth-order valence-electron chi connectivity index (χ4n) is 2.74. The van der Waals surface area contributed by atoms with Gasteiger partial charge in [-0.15, -0.1) is 11.3 Å². The molecule has 0 aliphatic carbocycles. The molecule has 28 heavy (non-hydrogen) atoms. The van der Waals surface area contributed by atoms with Crippen LogP contribution in [0.1, 0.15) is 34.8 Å². The second kappa shape index (κ2) is 9.28. The number of nitrogens with one attached hydrogen (secondary N) is 2. The van der Waals surface area contributed by atoms with Gasteiger partial charge in [0.1, 0.15) is 0 Å². The van der Waals surface area contributed by atoms with Gasteiger partial charge < -0.3 is 5.32 Å². The number of hydrogen-bond donors (Lipinski definition) is 2. The van der Waals surface area contributed by atoms with E-state index in [0.29, 0.717) is 17.2 Å². The first-order valence-corrected chi connectivity index (χ1v) is 10.1. The number of rotatable bonds is 7. The summed E-state index contributed by atoms with van der Waals surface area (Å²) < 4.78 is 0. The van der Waals surface area contributed by atoms with Crippen molar-refractivity contribution in [1.82, 2.24) is 10.3 Å². The van der Waals surface area contributed by atoms with Crippen LogP contribution in [0.5, 0.6) is 0 Å². The topological polar surface area (TPSA) is 71.1 Å². The highest BCUT2D eigenvalue weighted by molar-refractivity contribution is 7.14. The van der Waals surface area contributed by atoms with Crippen molar-refractivity contribution in [2.24, 2.45) is 0 Å². The molecule has 144 valence electrons. The number of nitrogens with zero attached hydrogens (tertiary/aromatic N) is 1. The molecule has 0 fully saturated rings. The summed E-state index contributed by atoms with van der Waals surface area (Å²) in [4.78, 5) is 27.7. The summed E-state index contributed by atoms with van der Waals surface area (Å²) in [5, 5.41) is 8.18. The number of carbonyl (C=O) groups excluding carboxylic acids is 2. The largest absolute Gasteiger partial charge is 0.356 e. The molecule has 1 aromatic heterocycles. The minimum Gasteiger partial charge on any atom is -0.356 e. The Balaban J connectivity index is 1.58. The highest BCUT2D eigenvalue weighted by Crippen LogP contribution is 2.25. The molecule has 0 spiro atoms. The van der Waals surface area contributed by atoms with Crippen LogP contribution in [0.2, 0.25) is 0 Å². The van der Waals surface area contributed by atoms with Crippen LogP contribution in [-0.4, -0.2) is 23.3 Å². The molecule has 0 aliphatic heterocycles. The summed E-state index contributed by atoms with van der Waals surface area (Å²) in [5.74, 6) is -0.153. The number of aromatic nitrogens is 1. The van der Waals surface area contributed by atoms with E-state index in [0.717, 1.165) is 29.7 Å². The van der Waals surface area contributed by atoms with Gasteiger partial charge in [0.15, 0.2) is 5.13 Å². The molecule has 2 N–H and O–H groups in total. The van der Waals surface area contributed by atoms with E-state index in [1.54, 1.807) is 0 Å². The van der Waals surface area contributed by atoms with E-state index in [1.165, 1.54) is 23.8 Å². The molecule has 0 bridgehead atoms. The Kier molecular flexibility index (Phi) is 6.55. The van der Waals surface area contributed by atoms with Crippen molar-refractivity contribution >= 4 is 28.3 Å². The summed E-state index contributed by atoms with van der Waals surface area (Å²) >= 11 is 1.41. The lowest BCUT2D eigenvalue weighted by molar-refractivity contribution is -0.118. The van der Waals surface area contributed by atoms with E-state index in [-0.39, 0.29) is 11.8 Å². The van der Waals surface area contributed by atoms with Crippen molar-refractivity contribution in [3.05, 3.63) is 70.6 Å². The average Bonchev–Trinajstić information content (AvgIpc) is 3.14. The molecule has 1 heterocycles. The maximum atomic E-state index is 12.3. The van der Waals surface area contributed by atoms with Gasteiger partial charge in [0, 0.05) is 30.0 Å². The fraction of sp³-hybridized carbons (Fsp3) is 0.227. The Bertz CT molecular complexity index is 947. The summed E-state index contributed by atoms with van der Waals surface area (Å²) in [5.41, 5.74) is 4.81. The van der Waals surface area contributed by atoms with Crippen LogP contribution in [-0.2, 0) is 11.2 Å². The van der Waals surface area contributed by atoms with E-state index in [1.807, 2.05) is 48.7 Å². The molecule has 3 aromatic rings. The predicted molar refractivity (Wildman–Crippen MR) is 114 cm³/mol. The third-order valence-corrected chi connectivity index (χ3v) is 5.06. The zero-order valence-electron chi connectivity index (χ0n) is 16.0. The SMILES string of the molecule is CC(=O)NCCCc1ccc(-c2csc(NC(=O)c3ccc(C)cc3)n2)cc1. The van der Waals surface area contributed by atoms with Gasteiger partial charge in [0.2, 0.25) is 5.91 Å². The van der Waals surface area contributed by atoms with Crippen molar-refractivity contribution < 1.29 is 9.59 Å². The zero-order valence-corrected chi connectivity index (χ0v) is 16.8. The first-order valence-electron chi connectivity index (χ1n) is 9.18. The summed E-state index contributed by atoms with van der Waals surface area (Å²) in [6.07, 6.45) is 1.82. The molecule has 0 saturated carbocycles. The minimum atomic E-state index is -0.157. The van der Waals surface area contributed by atoms with Gasteiger partial charge >= 0.3 is 0 Å². The number of benzene rings is 2. The average molecular weight is 394 g/mol. The first kappa shape index (κ1) is 19.8. The van der Waals surface area contributed by atoms with Crippen LogP contribution in [0.4, 0.5) is 5.13 Å². The van der Waals surface area contributed by atoms with Gasteiger partial charge in [-0.2, -0.15) is 0 Å². The first-order chi connectivity index (χ1) is 13.5. The van der Waals surface area contributed by atoms with Gasteiger partial charge in [-0.25, -0.2) is 4.98 Å². The monoisotopic (exact) mass is 393 g/mol. The van der Waals surface area contributed by atoms with Crippen molar-refractivity contribution in [2.75, 3.05) is 11.9 Å². The second-order valence-corrected chi connectivity index (χ2v) is 7.50. The second-order valence-electron chi connectivity index (χ2n) is 6.64. The molecular formula is C22H23N3O2S. The maximum absolute atomic E-state index is 12.3. The third kappa shape index (κ3) is 5.50. The zero-order chi connectivity index (χ0) is 19.9. The smallest absolute Gasteiger partial charge is 0.257 e. The number of carbonyl (C=O) groups is 2. The van der Waals surface area contributed by atoms with E-state index in [9.17, 15) is 9.59 Å². The van der Waals surface area contributed by atoms with Crippen LogP contribution < -0.4 is 10.6 Å². The molecule has 2 aromatic carbocycles. The van der Waals surface area contributed by atoms with Crippen LogP contribution in [0.15, 0.2) is 53.9 Å². The van der Waals surface area contributed by atoms with Gasteiger partial charge in [0.05, 0.1) is 5.69 Å². The normalized spacial score (nSPS) is 10.5. The maximum Gasteiger partial charge on any atom is 0.257 e. The molecule has 2 amide bonds. The number of anilines is 1. The number of aryl methyl sites for hydroxylation is 2. The number of thiazole rings is 1. The van der Waals surface area contributed by atoms with Crippen molar-refractivity contribution in [2.45, 2.75) is 26.7 Å². The lowest BCUT2D eigenvalue weighted by atomic mass is 10.1. The van der Waals surface area contributed by atoms with E-state index < -0.39 is 0 Å². The Morgan fingerprint density at radius 3 is 2.43 bits per heavy atom. The molecule has 0 saturated heterocycles. The van der Waals surface area contributed by atoms with Gasteiger partial charge in [-0.3, -0.25) is 14.9 Å². The van der Waals surface area contributed by atoms with Crippen LogP contribution in [0.25, 0.3) is 11.3 Å². The highest BCUT2D eigenvalue weighted by Gasteiger charge is 2.10.